The maximum absolute atomic E-state index is 8.85. The van der Waals surface area contributed by atoms with Gasteiger partial charge in [-0.15, -0.1) is 0 Å². The molecule has 4 nitrogen and oxygen atoms in total. The van der Waals surface area contributed by atoms with Crippen molar-refractivity contribution in [2.45, 2.75) is 13.1 Å². The highest BCUT2D eigenvalue weighted by atomic mass is 35.5. The number of halogens is 1. The number of hydrogen-bond acceptors (Lipinski definition) is 3. The Bertz CT molecular complexity index is 752. The molecule has 0 aliphatic carbocycles. The van der Waals surface area contributed by atoms with Crippen molar-refractivity contribution in [1.29, 1.82) is 0 Å². The average Bonchev–Trinajstić information content (AvgIpc) is 2.94. The van der Waals surface area contributed by atoms with Gasteiger partial charge >= 0.3 is 0 Å². The molecule has 0 amide bonds. The van der Waals surface area contributed by atoms with E-state index in [2.05, 4.69) is 27.1 Å². The maximum Gasteiger partial charge on any atom is 0.0673 e. The number of hydrogen-bond donors (Lipinski definition) is 2. The summed E-state index contributed by atoms with van der Waals surface area (Å²) in [5, 5.41) is 14.0. The minimum atomic E-state index is 0.140. The van der Waals surface area contributed by atoms with Gasteiger partial charge in [-0.1, -0.05) is 23.7 Å². The third-order valence-corrected chi connectivity index (χ3v) is 3.90. The lowest BCUT2D eigenvalue weighted by Crippen LogP contribution is -2.17. The van der Waals surface area contributed by atoms with E-state index < -0.39 is 0 Å². The van der Waals surface area contributed by atoms with Crippen LogP contribution in [0.2, 0.25) is 5.02 Å². The zero-order valence-corrected chi connectivity index (χ0v) is 12.9. The van der Waals surface area contributed by atoms with Crippen LogP contribution >= 0.6 is 11.6 Å². The molecule has 114 valence electrons. The van der Waals surface area contributed by atoms with Crippen molar-refractivity contribution in [3.63, 3.8) is 0 Å². The van der Waals surface area contributed by atoms with Crippen molar-refractivity contribution in [2.24, 2.45) is 0 Å². The Morgan fingerprint density at radius 3 is 2.73 bits per heavy atom. The lowest BCUT2D eigenvalue weighted by atomic mass is 10.2. The van der Waals surface area contributed by atoms with Gasteiger partial charge in [0.05, 0.1) is 18.3 Å². The zero-order valence-electron chi connectivity index (χ0n) is 12.2. The fourth-order valence-corrected chi connectivity index (χ4v) is 2.66. The highest BCUT2D eigenvalue weighted by Crippen LogP contribution is 2.20. The van der Waals surface area contributed by atoms with E-state index in [1.54, 1.807) is 0 Å². The van der Waals surface area contributed by atoms with Gasteiger partial charge in [0, 0.05) is 42.4 Å². The summed E-state index contributed by atoms with van der Waals surface area (Å²) in [6.45, 7) is 2.22. The number of pyridine rings is 1. The summed E-state index contributed by atoms with van der Waals surface area (Å²) >= 11 is 5.93. The number of nitrogens with one attached hydrogen (secondary N) is 1. The van der Waals surface area contributed by atoms with Crippen molar-refractivity contribution in [1.82, 2.24) is 14.9 Å². The van der Waals surface area contributed by atoms with E-state index >= 15 is 0 Å². The second-order valence-corrected chi connectivity index (χ2v) is 5.64. The van der Waals surface area contributed by atoms with Crippen molar-refractivity contribution in [2.75, 3.05) is 13.2 Å². The summed E-state index contributed by atoms with van der Waals surface area (Å²) in [5.41, 5.74) is 3.45. The summed E-state index contributed by atoms with van der Waals surface area (Å²) in [5.74, 6) is 0. The molecule has 0 radical (unpaired) electrons. The standard InChI is InChI=1S/C17H18ClN3O/c18-15-3-1-13(2-4-15)12-21-7-5-16-14(9-19-6-8-22)10-20-11-17(16)21/h1-5,7,10-11,19,22H,6,8-9,12H2. The Morgan fingerprint density at radius 2 is 1.95 bits per heavy atom. The van der Waals surface area contributed by atoms with Gasteiger partial charge in [-0.05, 0) is 29.3 Å². The van der Waals surface area contributed by atoms with Gasteiger partial charge in [-0.3, -0.25) is 4.98 Å². The van der Waals surface area contributed by atoms with E-state index in [1.807, 2.05) is 36.7 Å². The van der Waals surface area contributed by atoms with E-state index in [4.69, 9.17) is 16.7 Å². The molecule has 0 aliphatic rings. The number of aliphatic hydroxyl groups is 1. The highest BCUT2D eigenvalue weighted by molar-refractivity contribution is 6.30. The van der Waals surface area contributed by atoms with E-state index in [9.17, 15) is 0 Å². The molecule has 3 aromatic rings. The molecule has 5 heteroatoms. The van der Waals surface area contributed by atoms with E-state index in [0.29, 0.717) is 13.1 Å². The number of rotatable bonds is 6. The first-order chi connectivity index (χ1) is 10.8. The summed E-state index contributed by atoms with van der Waals surface area (Å²) in [7, 11) is 0. The van der Waals surface area contributed by atoms with Crippen LogP contribution in [0.25, 0.3) is 10.9 Å². The minimum absolute atomic E-state index is 0.140. The third-order valence-electron chi connectivity index (χ3n) is 3.65. The molecular formula is C17H18ClN3O. The van der Waals surface area contributed by atoms with Crippen molar-refractivity contribution >= 4 is 22.5 Å². The first-order valence-electron chi connectivity index (χ1n) is 7.25. The zero-order chi connectivity index (χ0) is 15.4. The summed E-state index contributed by atoms with van der Waals surface area (Å²) < 4.78 is 2.18. The smallest absolute Gasteiger partial charge is 0.0673 e. The molecular weight excluding hydrogens is 298 g/mol. The van der Waals surface area contributed by atoms with Gasteiger partial charge in [0.2, 0.25) is 0 Å². The molecule has 0 spiro atoms. The fourth-order valence-electron chi connectivity index (χ4n) is 2.53. The molecule has 2 N–H and O–H groups in total. The molecule has 0 unspecified atom stereocenters. The molecule has 0 saturated heterocycles. The van der Waals surface area contributed by atoms with Crippen LogP contribution in [0.15, 0.2) is 48.9 Å². The lowest BCUT2D eigenvalue weighted by Gasteiger charge is -2.08. The Kier molecular flexibility index (Phi) is 4.73. The first-order valence-corrected chi connectivity index (χ1v) is 7.63. The second-order valence-electron chi connectivity index (χ2n) is 5.20. The average molecular weight is 316 g/mol. The van der Waals surface area contributed by atoms with Crippen LogP contribution in [0.5, 0.6) is 0 Å². The van der Waals surface area contributed by atoms with Crippen LogP contribution in [0.1, 0.15) is 11.1 Å². The van der Waals surface area contributed by atoms with Crippen LogP contribution in [0.4, 0.5) is 0 Å². The lowest BCUT2D eigenvalue weighted by molar-refractivity contribution is 0.292. The van der Waals surface area contributed by atoms with Crippen LogP contribution in [0.3, 0.4) is 0 Å². The minimum Gasteiger partial charge on any atom is -0.395 e. The number of aliphatic hydroxyl groups excluding tert-OH is 1. The Labute approximate surface area is 134 Å². The van der Waals surface area contributed by atoms with Gasteiger partial charge in [-0.25, -0.2) is 0 Å². The molecule has 2 aromatic heterocycles. The molecule has 0 saturated carbocycles. The molecule has 0 fully saturated rings. The topological polar surface area (TPSA) is 50.1 Å². The maximum atomic E-state index is 8.85. The molecule has 2 heterocycles. The molecule has 0 aliphatic heterocycles. The van der Waals surface area contributed by atoms with E-state index in [1.165, 1.54) is 10.9 Å². The Hall–Kier alpha value is -1.88. The van der Waals surface area contributed by atoms with Crippen molar-refractivity contribution in [3.8, 4) is 0 Å². The number of fused-ring (bicyclic) bond motifs is 1. The Balaban J connectivity index is 1.85. The quantitative estimate of drug-likeness (QED) is 0.688. The van der Waals surface area contributed by atoms with E-state index in [0.717, 1.165) is 22.6 Å². The van der Waals surface area contributed by atoms with Crippen molar-refractivity contribution < 1.29 is 5.11 Å². The number of aromatic nitrogens is 2. The van der Waals surface area contributed by atoms with Crippen LogP contribution in [-0.2, 0) is 13.1 Å². The SMILES string of the molecule is OCCNCc1cncc2c1ccn2Cc1ccc(Cl)cc1. The number of nitrogens with zero attached hydrogens (tertiary/aromatic N) is 2. The molecule has 22 heavy (non-hydrogen) atoms. The largest absolute Gasteiger partial charge is 0.395 e. The summed E-state index contributed by atoms with van der Waals surface area (Å²) in [6, 6.07) is 10.0. The second kappa shape index (κ2) is 6.92. The van der Waals surface area contributed by atoms with Gasteiger partial charge in [0.1, 0.15) is 0 Å². The highest BCUT2D eigenvalue weighted by Gasteiger charge is 2.06. The van der Waals surface area contributed by atoms with E-state index in [-0.39, 0.29) is 6.61 Å². The first kappa shape index (κ1) is 15.0. The molecule has 3 rings (SSSR count). The van der Waals surface area contributed by atoms with Gasteiger partial charge in [0.25, 0.3) is 0 Å². The molecule has 1 aromatic carbocycles. The summed E-state index contributed by atoms with van der Waals surface area (Å²) in [4.78, 5) is 4.34. The van der Waals surface area contributed by atoms with Gasteiger partial charge < -0.3 is 15.0 Å². The van der Waals surface area contributed by atoms with Crippen LogP contribution in [0, 0.1) is 0 Å². The van der Waals surface area contributed by atoms with Gasteiger partial charge in [0.15, 0.2) is 0 Å². The summed E-state index contributed by atoms with van der Waals surface area (Å²) in [6.07, 6.45) is 5.84. The molecule has 0 bridgehead atoms. The van der Waals surface area contributed by atoms with Crippen LogP contribution in [-0.4, -0.2) is 27.8 Å². The monoisotopic (exact) mass is 315 g/mol. The van der Waals surface area contributed by atoms with Crippen molar-refractivity contribution in [3.05, 3.63) is 65.1 Å². The third kappa shape index (κ3) is 3.30. The predicted molar refractivity (Wildman–Crippen MR) is 89.1 cm³/mol. The van der Waals surface area contributed by atoms with Gasteiger partial charge in [-0.2, -0.15) is 0 Å². The normalized spacial score (nSPS) is 11.2. The van der Waals surface area contributed by atoms with Crippen LogP contribution < -0.4 is 5.32 Å². The fraction of sp³-hybridized carbons (Fsp3) is 0.235. The Morgan fingerprint density at radius 1 is 1.14 bits per heavy atom. The number of benzene rings is 1. The molecule has 0 atom stereocenters. The predicted octanol–water partition coefficient (Wildman–Crippen LogP) is 2.82.